The average Bonchev–Trinajstić information content (AvgIpc) is 3.24. The van der Waals surface area contributed by atoms with Gasteiger partial charge in [0.1, 0.15) is 6.21 Å². The molecule has 2 N–H and O–H groups in total. The summed E-state index contributed by atoms with van der Waals surface area (Å²) in [5.41, 5.74) is 5.32. The van der Waals surface area contributed by atoms with Crippen LogP contribution in [-0.2, 0) is 0 Å². The van der Waals surface area contributed by atoms with Gasteiger partial charge in [0.15, 0.2) is 11.9 Å². The normalized spacial score (nSPS) is 20.5. The SMILES string of the molecule is Cc1cc(C)cc(NC2=N[N+]3(c4ccc5[nH]ncc5c4)C=CN=CC3=N2)c1. The third-order valence-electron chi connectivity index (χ3n) is 4.68. The number of aliphatic imine (C=N–C) groups is 2. The summed E-state index contributed by atoms with van der Waals surface area (Å²) in [4.78, 5) is 8.93. The third kappa shape index (κ3) is 2.56. The van der Waals surface area contributed by atoms with Crippen LogP contribution < -0.4 is 9.91 Å². The zero-order valence-corrected chi connectivity index (χ0v) is 15.0. The van der Waals surface area contributed by atoms with Crippen LogP contribution in [0.2, 0.25) is 0 Å². The Bertz CT molecular complexity index is 1160. The monoisotopic (exact) mass is 356 g/mol. The second-order valence-electron chi connectivity index (χ2n) is 6.80. The fourth-order valence-electron chi connectivity index (χ4n) is 3.53. The molecule has 132 valence electrons. The summed E-state index contributed by atoms with van der Waals surface area (Å²) in [7, 11) is 0. The zero-order valence-electron chi connectivity index (χ0n) is 15.0. The molecule has 0 spiro atoms. The van der Waals surface area contributed by atoms with Crippen LogP contribution in [0.5, 0.6) is 0 Å². The Labute approximate surface area is 156 Å². The number of aromatic amines is 1. The molecule has 27 heavy (non-hydrogen) atoms. The number of fused-ring (bicyclic) bond motifs is 2. The van der Waals surface area contributed by atoms with Crippen molar-refractivity contribution in [1.29, 1.82) is 0 Å². The van der Waals surface area contributed by atoms with E-state index in [1.54, 1.807) is 12.4 Å². The van der Waals surface area contributed by atoms with Gasteiger partial charge in [-0.3, -0.25) is 10.1 Å². The summed E-state index contributed by atoms with van der Waals surface area (Å²) < 4.78 is 0.151. The number of H-pyrrole nitrogens is 1. The molecule has 0 saturated carbocycles. The van der Waals surface area contributed by atoms with Crippen molar-refractivity contribution in [2.75, 3.05) is 5.32 Å². The number of nitrogens with zero attached hydrogens (tertiary/aromatic N) is 5. The minimum atomic E-state index is 0.151. The first-order chi connectivity index (χ1) is 13.1. The van der Waals surface area contributed by atoms with Gasteiger partial charge in [-0.05, 0) is 48.3 Å². The van der Waals surface area contributed by atoms with E-state index in [0.717, 1.165) is 28.1 Å². The maximum absolute atomic E-state index is 4.89. The van der Waals surface area contributed by atoms with E-state index in [2.05, 4.69) is 63.6 Å². The van der Waals surface area contributed by atoms with Crippen LogP contribution >= 0.6 is 0 Å². The van der Waals surface area contributed by atoms with E-state index in [4.69, 9.17) is 5.10 Å². The number of anilines is 1. The zero-order chi connectivity index (χ0) is 18.4. The molecule has 0 aliphatic carbocycles. The summed E-state index contributed by atoms with van der Waals surface area (Å²) in [6.07, 6.45) is 7.24. The van der Waals surface area contributed by atoms with E-state index in [9.17, 15) is 0 Å². The first-order valence-electron chi connectivity index (χ1n) is 8.71. The Hall–Kier alpha value is -3.58. The lowest BCUT2D eigenvalue weighted by molar-refractivity contribution is 0.593. The fourth-order valence-corrected chi connectivity index (χ4v) is 3.53. The van der Waals surface area contributed by atoms with Crippen LogP contribution in [0.1, 0.15) is 11.1 Å². The van der Waals surface area contributed by atoms with Gasteiger partial charge in [-0.1, -0.05) is 10.7 Å². The van der Waals surface area contributed by atoms with Gasteiger partial charge in [-0.2, -0.15) is 10.1 Å². The Kier molecular flexibility index (Phi) is 3.32. The fraction of sp³-hybridized carbons (Fsp3) is 0.100. The maximum Gasteiger partial charge on any atom is 0.287 e. The number of aromatic nitrogens is 2. The molecule has 2 aromatic carbocycles. The van der Waals surface area contributed by atoms with Crippen LogP contribution in [0.15, 0.2) is 70.1 Å². The Balaban J connectivity index is 1.59. The van der Waals surface area contributed by atoms with Gasteiger partial charge in [0.2, 0.25) is 0 Å². The van der Waals surface area contributed by atoms with E-state index >= 15 is 0 Å². The lowest BCUT2D eigenvalue weighted by Crippen LogP contribution is -2.44. The quantitative estimate of drug-likeness (QED) is 0.685. The molecule has 0 bridgehead atoms. The summed E-state index contributed by atoms with van der Waals surface area (Å²) >= 11 is 0. The van der Waals surface area contributed by atoms with Crippen LogP contribution in [-0.4, -0.2) is 28.2 Å². The molecular formula is C20H18N7+. The molecule has 2 aliphatic heterocycles. The second-order valence-corrected chi connectivity index (χ2v) is 6.80. The molecule has 0 fully saturated rings. The molecule has 5 rings (SSSR count). The smallest absolute Gasteiger partial charge is 0.287 e. The highest BCUT2D eigenvalue weighted by Gasteiger charge is 2.42. The predicted molar refractivity (Wildman–Crippen MR) is 110 cm³/mol. The van der Waals surface area contributed by atoms with Gasteiger partial charge in [-0.15, -0.1) is 0 Å². The summed E-state index contributed by atoms with van der Waals surface area (Å²) in [6.45, 7) is 4.15. The molecule has 2 aliphatic rings. The lowest BCUT2D eigenvalue weighted by atomic mass is 10.1. The van der Waals surface area contributed by atoms with E-state index in [0.29, 0.717) is 5.96 Å². The summed E-state index contributed by atoms with van der Waals surface area (Å²) in [5.74, 6) is 1.30. The van der Waals surface area contributed by atoms with Crippen LogP contribution in [0.25, 0.3) is 10.9 Å². The number of rotatable bonds is 2. The van der Waals surface area contributed by atoms with E-state index in [1.807, 2.05) is 24.5 Å². The number of quaternary nitrogens is 1. The van der Waals surface area contributed by atoms with Gasteiger partial charge < -0.3 is 5.32 Å². The predicted octanol–water partition coefficient (Wildman–Crippen LogP) is 3.84. The van der Waals surface area contributed by atoms with Crippen LogP contribution in [0, 0.1) is 13.8 Å². The van der Waals surface area contributed by atoms with Gasteiger partial charge >= 0.3 is 0 Å². The van der Waals surface area contributed by atoms with Crippen molar-refractivity contribution >= 4 is 40.3 Å². The standard InChI is InChI=1S/C20H18N7/c1-13-7-14(2)9-16(8-13)23-20-24-19-12-21-5-6-27(19,26-20)17-3-4-18-15(10-17)11-22-25-18/h3-12H,1-2H3,(H,22,25)(H,23,26)/q+1. The molecular weight excluding hydrogens is 338 g/mol. The van der Waals surface area contributed by atoms with Crippen molar-refractivity contribution in [2.45, 2.75) is 13.8 Å². The van der Waals surface area contributed by atoms with E-state index in [-0.39, 0.29) is 4.59 Å². The number of aryl methyl sites for hydroxylation is 2. The van der Waals surface area contributed by atoms with E-state index in [1.165, 1.54) is 11.1 Å². The highest BCUT2D eigenvalue weighted by molar-refractivity contribution is 6.38. The molecule has 1 atom stereocenters. The molecule has 0 amide bonds. The van der Waals surface area contributed by atoms with E-state index < -0.39 is 0 Å². The van der Waals surface area contributed by atoms with Crippen molar-refractivity contribution in [3.8, 4) is 0 Å². The molecule has 3 aromatic rings. The number of amidine groups is 1. The number of nitrogens with one attached hydrogen (secondary N) is 2. The lowest BCUT2D eigenvalue weighted by Gasteiger charge is -2.23. The van der Waals surface area contributed by atoms with Gasteiger partial charge in [-0.25, -0.2) is 0 Å². The molecule has 7 nitrogen and oxygen atoms in total. The van der Waals surface area contributed by atoms with Crippen molar-refractivity contribution in [3.05, 3.63) is 66.1 Å². The molecule has 0 saturated heterocycles. The molecule has 0 radical (unpaired) electrons. The molecule has 1 aromatic heterocycles. The summed E-state index contributed by atoms with van der Waals surface area (Å²) in [6, 6.07) is 12.4. The average molecular weight is 356 g/mol. The highest BCUT2D eigenvalue weighted by Crippen LogP contribution is 2.33. The maximum atomic E-state index is 4.89. The number of guanidine groups is 1. The third-order valence-corrected chi connectivity index (χ3v) is 4.68. The summed E-state index contributed by atoms with van der Waals surface area (Å²) in [5, 5.41) is 16.3. The number of benzene rings is 2. The van der Waals surface area contributed by atoms with Crippen molar-refractivity contribution in [1.82, 2.24) is 14.8 Å². The largest absolute Gasteiger partial charge is 0.320 e. The first-order valence-corrected chi connectivity index (χ1v) is 8.71. The number of hydrogen-bond acceptors (Lipinski definition) is 5. The second kappa shape index (κ2) is 5.72. The minimum absolute atomic E-state index is 0.151. The minimum Gasteiger partial charge on any atom is -0.320 e. The Morgan fingerprint density at radius 3 is 2.74 bits per heavy atom. The van der Waals surface area contributed by atoms with Crippen molar-refractivity contribution < 1.29 is 0 Å². The molecule has 1 unspecified atom stereocenters. The van der Waals surface area contributed by atoms with Gasteiger partial charge in [0, 0.05) is 23.2 Å². The van der Waals surface area contributed by atoms with Gasteiger partial charge in [0.25, 0.3) is 11.8 Å². The number of hydrogen-bond donors (Lipinski definition) is 2. The molecule has 3 heterocycles. The van der Waals surface area contributed by atoms with Crippen LogP contribution in [0.4, 0.5) is 11.4 Å². The van der Waals surface area contributed by atoms with Crippen LogP contribution in [0.3, 0.4) is 0 Å². The van der Waals surface area contributed by atoms with Crippen molar-refractivity contribution in [3.63, 3.8) is 0 Å². The highest BCUT2D eigenvalue weighted by atomic mass is 15.7. The Morgan fingerprint density at radius 1 is 1.04 bits per heavy atom. The Morgan fingerprint density at radius 2 is 1.89 bits per heavy atom. The van der Waals surface area contributed by atoms with Gasteiger partial charge in [0.05, 0.1) is 17.9 Å². The topological polar surface area (TPSA) is 77.8 Å². The molecule has 7 heteroatoms. The van der Waals surface area contributed by atoms with Crippen molar-refractivity contribution in [2.24, 2.45) is 15.1 Å². The first kappa shape index (κ1) is 15.7.